The average Bonchev–Trinajstić information content (AvgIpc) is 2.75. The minimum atomic E-state index is -0.0832. The molecule has 0 aliphatic rings. The lowest BCUT2D eigenvalue weighted by molar-refractivity contribution is 0.587. The molecule has 0 aliphatic carbocycles. The van der Waals surface area contributed by atoms with Gasteiger partial charge >= 0.3 is 0 Å². The Morgan fingerprint density at radius 3 is 2.43 bits per heavy atom. The second-order valence-corrected chi connectivity index (χ2v) is 5.84. The van der Waals surface area contributed by atoms with Crippen LogP contribution in [-0.2, 0) is 13.0 Å². The number of aromatic nitrogens is 2. The van der Waals surface area contributed by atoms with E-state index in [-0.39, 0.29) is 6.04 Å². The molecule has 2 aromatic rings. The maximum Gasteiger partial charge on any atom is 0.0847 e. The molecule has 1 atom stereocenters. The van der Waals surface area contributed by atoms with Crippen molar-refractivity contribution in [2.45, 2.75) is 32.9 Å². The molecule has 0 aliphatic heterocycles. The summed E-state index contributed by atoms with van der Waals surface area (Å²) in [5.74, 6) is 0. The van der Waals surface area contributed by atoms with Crippen LogP contribution < -0.4 is 10.6 Å². The molecule has 2 N–H and O–H groups in total. The van der Waals surface area contributed by atoms with Gasteiger partial charge < -0.3 is 10.6 Å². The molecule has 1 heterocycles. The van der Waals surface area contributed by atoms with Crippen LogP contribution in [0.5, 0.6) is 0 Å². The van der Waals surface area contributed by atoms with Crippen LogP contribution in [-0.4, -0.2) is 23.9 Å². The largest absolute Gasteiger partial charge is 0.378 e. The predicted molar refractivity (Wildman–Crippen MR) is 89.0 cm³/mol. The quantitative estimate of drug-likeness (QED) is 0.923. The van der Waals surface area contributed by atoms with E-state index < -0.39 is 0 Å². The third kappa shape index (κ3) is 3.39. The summed E-state index contributed by atoms with van der Waals surface area (Å²) in [6.07, 6.45) is 0.689. The molecule has 114 valence electrons. The van der Waals surface area contributed by atoms with Crippen molar-refractivity contribution in [1.82, 2.24) is 9.78 Å². The van der Waals surface area contributed by atoms with Crippen LogP contribution in [0.15, 0.2) is 24.3 Å². The van der Waals surface area contributed by atoms with E-state index in [9.17, 15) is 0 Å². The molecule has 21 heavy (non-hydrogen) atoms. The van der Waals surface area contributed by atoms with Crippen LogP contribution in [0.1, 0.15) is 29.9 Å². The van der Waals surface area contributed by atoms with E-state index in [4.69, 9.17) is 17.3 Å². The number of halogens is 1. The molecule has 0 spiro atoms. The Morgan fingerprint density at radius 1 is 1.29 bits per heavy atom. The first-order chi connectivity index (χ1) is 9.93. The number of rotatable bonds is 5. The van der Waals surface area contributed by atoms with Gasteiger partial charge in [0.2, 0.25) is 0 Å². The van der Waals surface area contributed by atoms with Gasteiger partial charge in [0.05, 0.1) is 16.4 Å². The van der Waals surface area contributed by atoms with E-state index in [1.165, 1.54) is 5.69 Å². The Morgan fingerprint density at radius 2 is 1.90 bits per heavy atom. The van der Waals surface area contributed by atoms with Crippen LogP contribution in [0.4, 0.5) is 5.69 Å². The first-order valence-electron chi connectivity index (χ1n) is 7.18. The zero-order valence-electron chi connectivity index (χ0n) is 13.1. The van der Waals surface area contributed by atoms with E-state index in [0.717, 1.165) is 28.5 Å². The first-order valence-corrected chi connectivity index (χ1v) is 7.56. The zero-order valence-corrected chi connectivity index (χ0v) is 13.9. The van der Waals surface area contributed by atoms with E-state index in [1.54, 1.807) is 0 Å². The second-order valence-electron chi connectivity index (χ2n) is 5.46. The fraction of sp³-hybridized carbons (Fsp3) is 0.438. The maximum absolute atomic E-state index is 6.35. The van der Waals surface area contributed by atoms with Gasteiger partial charge in [0.1, 0.15) is 0 Å². The molecular formula is C16H23ClN4. The lowest BCUT2D eigenvalue weighted by Gasteiger charge is -2.16. The molecule has 1 unspecified atom stereocenters. The maximum atomic E-state index is 6.35. The first kappa shape index (κ1) is 15.9. The van der Waals surface area contributed by atoms with Crippen molar-refractivity contribution in [1.29, 1.82) is 0 Å². The average molecular weight is 307 g/mol. The van der Waals surface area contributed by atoms with Crippen molar-refractivity contribution in [3.8, 4) is 0 Å². The Labute approximate surface area is 131 Å². The molecular weight excluding hydrogens is 284 g/mol. The fourth-order valence-electron chi connectivity index (χ4n) is 2.41. The van der Waals surface area contributed by atoms with Crippen molar-refractivity contribution in [2.24, 2.45) is 5.73 Å². The second kappa shape index (κ2) is 6.50. The molecule has 0 radical (unpaired) electrons. The molecule has 1 aromatic heterocycles. The summed E-state index contributed by atoms with van der Waals surface area (Å²) in [5, 5.41) is 5.17. The third-order valence-corrected chi connectivity index (χ3v) is 4.20. The predicted octanol–water partition coefficient (Wildman–Crippen LogP) is 3.17. The number of benzene rings is 1. The highest BCUT2D eigenvalue weighted by Crippen LogP contribution is 2.26. The summed E-state index contributed by atoms with van der Waals surface area (Å²) in [4.78, 5) is 2.07. The SMILES string of the molecule is CCn1nc(C)c(Cl)c1CC(N)c1ccc(N(C)C)cc1. The minimum absolute atomic E-state index is 0.0832. The van der Waals surface area contributed by atoms with E-state index in [2.05, 4.69) is 41.2 Å². The number of nitrogens with zero attached hydrogens (tertiary/aromatic N) is 3. The number of hydrogen-bond donors (Lipinski definition) is 1. The van der Waals surface area contributed by atoms with Crippen LogP contribution in [0, 0.1) is 6.92 Å². The number of aryl methyl sites for hydroxylation is 2. The Bertz CT molecular complexity index is 601. The van der Waals surface area contributed by atoms with Gasteiger partial charge in [-0.05, 0) is 31.5 Å². The van der Waals surface area contributed by atoms with Crippen molar-refractivity contribution in [3.05, 3.63) is 46.2 Å². The van der Waals surface area contributed by atoms with Crippen LogP contribution in [0.2, 0.25) is 5.02 Å². The molecule has 0 saturated heterocycles. The standard InChI is InChI=1S/C16H23ClN4/c1-5-21-15(16(17)11(2)19-21)10-14(18)12-6-8-13(9-7-12)20(3)4/h6-9,14H,5,10,18H2,1-4H3. The van der Waals surface area contributed by atoms with E-state index in [1.807, 2.05) is 25.7 Å². The molecule has 1 aromatic carbocycles. The molecule has 4 nitrogen and oxygen atoms in total. The summed E-state index contributed by atoms with van der Waals surface area (Å²) in [6, 6.07) is 8.24. The molecule has 5 heteroatoms. The molecule has 0 saturated carbocycles. The molecule has 0 amide bonds. The van der Waals surface area contributed by atoms with Crippen molar-refractivity contribution >= 4 is 17.3 Å². The highest BCUT2D eigenvalue weighted by Gasteiger charge is 2.16. The monoisotopic (exact) mass is 306 g/mol. The molecule has 0 bridgehead atoms. The fourth-order valence-corrected chi connectivity index (χ4v) is 2.62. The summed E-state index contributed by atoms with van der Waals surface area (Å²) >= 11 is 6.35. The van der Waals surface area contributed by atoms with Gasteiger partial charge in [-0.2, -0.15) is 5.10 Å². The summed E-state index contributed by atoms with van der Waals surface area (Å²) in [7, 11) is 4.05. The van der Waals surface area contributed by atoms with Crippen molar-refractivity contribution in [2.75, 3.05) is 19.0 Å². The van der Waals surface area contributed by atoms with Gasteiger partial charge in [-0.15, -0.1) is 0 Å². The van der Waals surface area contributed by atoms with Crippen LogP contribution in [0.25, 0.3) is 0 Å². The van der Waals surface area contributed by atoms with Crippen LogP contribution >= 0.6 is 11.6 Å². The van der Waals surface area contributed by atoms with Crippen molar-refractivity contribution in [3.63, 3.8) is 0 Å². The van der Waals surface area contributed by atoms with E-state index in [0.29, 0.717) is 6.42 Å². The van der Waals surface area contributed by atoms with Gasteiger partial charge in [-0.3, -0.25) is 4.68 Å². The molecule has 2 rings (SSSR count). The smallest absolute Gasteiger partial charge is 0.0847 e. The lowest BCUT2D eigenvalue weighted by Crippen LogP contribution is -2.17. The van der Waals surface area contributed by atoms with Crippen molar-refractivity contribution < 1.29 is 0 Å². The Hall–Kier alpha value is -1.52. The van der Waals surface area contributed by atoms with E-state index >= 15 is 0 Å². The third-order valence-electron chi connectivity index (χ3n) is 3.70. The Balaban J connectivity index is 2.19. The topological polar surface area (TPSA) is 47.1 Å². The number of nitrogens with two attached hydrogens (primary N) is 1. The van der Waals surface area contributed by atoms with Crippen LogP contribution in [0.3, 0.4) is 0 Å². The van der Waals surface area contributed by atoms with Gasteiger partial charge in [0.25, 0.3) is 0 Å². The van der Waals surface area contributed by atoms with Gasteiger partial charge in [-0.25, -0.2) is 0 Å². The Kier molecular flexibility index (Phi) is 4.91. The van der Waals surface area contributed by atoms with Gasteiger partial charge in [0, 0.05) is 38.8 Å². The van der Waals surface area contributed by atoms with Gasteiger partial charge in [0.15, 0.2) is 0 Å². The number of anilines is 1. The molecule has 0 fully saturated rings. The highest BCUT2D eigenvalue weighted by atomic mass is 35.5. The normalized spacial score (nSPS) is 12.5. The lowest BCUT2D eigenvalue weighted by atomic mass is 10.0. The van der Waals surface area contributed by atoms with Gasteiger partial charge in [-0.1, -0.05) is 23.7 Å². The minimum Gasteiger partial charge on any atom is -0.378 e. The zero-order chi connectivity index (χ0) is 15.6. The highest BCUT2D eigenvalue weighted by molar-refractivity contribution is 6.31. The summed E-state index contributed by atoms with van der Waals surface area (Å²) < 4.78 is 1.94. The summed E-state index contributed by atoms with van der Waals surface area (Å²) in [6.45, 7) is 4.79. The number of hydrogen-bond acceptors (Lipinski definition) is 3. The summed E-state index contributed by atoms with van der Waals surface area (Å²) in [5.41, 5.74) is 10.5.